The molecule has 0 N–H and O–H groups in total. The normalized spacial score (nSPS) is 16.2. The molecule has 0 atom stereocenters. The highest BCUT2D eigenvalue weighted by Gasteiger charge is 2.22. The lowest BCUT2D eigenvalue weighted by Crippen LogP contribution is -2.30. The molecule has 0 fully saturated rings. The second-order valence-electron chi connectivity index (χ2n) is 6.40. The first kappa shape index (κ1) is 14.4. The molecule has 1 aromatic heterocycles. The first-order chi connectivity index (χ1) is 12.3. The van der Waals surface area contributed by atoms with Gasteiger partial charge in [0, 0.05) is 13.1 Å². The molecule has 1 amide bonds. The van der Waals surface area contributed by atoms with E-state index in [1.807, 2.05) is 12.1 Å². The average molecular weight is 329 g/mol. The zero-order valence-electron chi connectivity index (χ0n) is 13.5. The van der Waals surface area contributed by atoms with Crippen molar-refractivity contribution < 1.29 is 4.79 Å². The largest absolute Gasteiger partial charge is 0.296 e. The highest BCUT2D eigenvalue weighted by molar-refractivity contribution is 6.11. The van der Waals surface area contributed by atoms with Gasteiger partial charge in [0.05, 0.1) is 23.0 Å². The Balaban J connectivity index is 1.49. The van der Waals surface area contributed by atoms with Crippen molar-refractivity contribution in [3.05, 3.63) is 65.0 Å². The van der Waals surface area contributed by atoms with E-state index in [9.17, 15) is 4.79 Å². The molecule has 5 rings (SSSR count). The van der Waals surface area contributed by atoms with Gasteiger partial charge in [0.2, 0.25) is 0 Å². The van der Waals surface area contributed by atoms with Crippen LogP contribution >= 0.6 is 0 Å². The van der Waals surface area contributed by atoms with Crippen LogP contribution in [0.4, 0.5) is 5.82 Å². The second kappa shape index (κ2) is 5.53. The van der Waals surface area contributed by atoms with Crippen LogP contribution < -0.4 is 0 Å². The summed E-state index contributed by atoms with van der Waals surface area (Å²) in [5.74, 6) is 0.877. The van der Waals surface area contributed by atoms with E-state index >= 15 is 0 Å². The van der Waals surface area contributed by atoms with Gasteiger partial charge in [0.15, 0.2) is 5.82 Å². The van der Waals surface area contributed by atoms with Gasteiger partial charge in [-0.15, -0.1) is 10.2 Å². The molecule has 2 aliphatic rings. The minimum absolute atomic E-state index is 0.331. The molecular weight excluding hydrogens is 314 g/mol. The fourth-order valence-corrected chi connectivity index (χ4v) is 3.57. The molecular formula is C19H15N5O. The van der Waals surface area contributed by atoms with Crippen LogP contribution in [0.1, 0.15) is 27.3 Å². The van der Waals surface area contributed by atoms with Crippen molar-refractivity contribution >= 4 is 22.6 Å². The molecule has 6 nitrogen and oxygen atoms in total. The lowest BCUT2D eigenvalue weighted by atomic mass is 10.00. The predicted octanol–water partition coefficient (Wildman–Crippen LogP) is 3.43. The van der Waals surface area contributed by atoms with Crippen molar-refractivity contribution in [2.45, 2.75) is 19.5 Å². The third-order valence-corrected chi connectivity index (χ3v) is 4.79. The first-order valence-corrected chi connectivity index (χ1v) is 8.33. The highest BCUT2D eigenvalue weighted by atomic mass is 16.1. The summed E-state index contributed by atoms with van der Waals surface area (Å²) in [6.07, 6.45) is 1.04. The Morgan fingerprint density at radius 3 is 2.76 bits per heavy atom. The van der Waals surface area contributed by atoms with Crippen molar-refractivity contribution in [1.29, 1.82) is 0 Å². The molecule has 2 aliphatic heterocycles. The summed E-state index contributed by atoms with van der Waals surface area (Å²) in [5.41, 5.74) is 4.07. The number of azo groups is 1. The van der Waals surface area contributed by atoms with Crippen molar-refractivity contribution in [3.63, 3.8) is 0 Å². The van der Waals surface area contributed by atoms with Crippen LogP contribution in [0.2, 0.25) is 0 Å². The SMILES string of the molecule is O=C1N=Nc2nc(CN3CCc4ccccc4C3)nc3cccc1c23. The zero-order chi connectivity index (χ0) is 16.8. The van der Waals surface area contributed by atoms with E-state index in [0.717, 1.165) is 25.0 Å². The lowest BCUT2D eigenvalue weighted by Gasteiger charge is -2.28. The molecule has 0 saturated heterocycles. The monoisotopic (exact) mass is 329 g/mol. The number of carbonyl (C=O) groups excluding carboxylic acids is 1. The highest BCUT2D eigenvalue weighted by Crippen LogP contribution is 2.31. The molecule has 3 aromatic rings. The fourth-order valence-electron chi connectivity index (χ4n) is 3.57. The molecule has 25 heavy (non-hydrogen) atoms. The second-order valence-corrected chi connectivity index (χ2v) is 6.40. The van der Waals surface area contributed by atoms with Gasteiger partial charge in [0.1, 0.15) is 5.82 Å². The van der Waals surface area contributed by atoms with Crippen molar-refractivity contribution in [1.82, 2.24) is 14.9 Å². The van der Waals surface area contributed by atoms with Crippen molar-refractivity contribution in [3.8, 4) is 0 Å². The Labute approximate surface area is 144 Å². The standard InChI is InChI=1S/C19H15N5O/c25-19-14-6-3-7-15-17(14)18(22-23-19)21-16(20-15)11-24-9-8-12-4-1-2-5-13(12)10-24/h1-7H,8-11H2. The van der Waals surface area contributed by atoms with Gasteiger partial charge in [-0.3, -0.25) is 9.69 Å². The van der Waals surface area contributed by atoms with E-state index in [1.54, 1.807) is 6.07 Å². The van der Waals surface area contributed by atoms with Crippen molar-refractivity contribution in [2.24, 2.45) is 10.2 Å². The fraction of sp³-hybridized carbons (Fsp3) is 0.211. The van der Waals surface area contributed by atoms with E-state index < -0.39 is 0 Å². The minimum Gasteiger partial charge on any atom is -0.291 e. The number of hydrogen-bond acceptors (Lipinski definition) is 5. The molecule has 0 spiro atoms. The molecule has 0 saturated carbocycles. The molecule has 122 valence electrons. The van der Waals surface area contributed by atoms with Crippen molar-refractivity contribution in [2.75, 3.05) is 6.54 Å². The van der Waals surface area contributed by atoms with E-state index in [0.29, 0.717) is 29.1 Å². The van der Waals surface area contributed by atoms with Gasteiger partial charge in [-0.05, 0) is 29.7 Å². The molecule has 2 aromatic carbocycles. The Hall–Kier alpha value is -2.99. The zero-order valence-corrected chi connectivity index (χ0v) is 13.5. The van der Waals surface area contributed by atoms with Gasteiger partial charge in [0.25, 0.3) is 5.91 Å². The molecule has 0 bridgehead atoms. The number of hydrogen-bond donors (Lipinski definition) is 0. The average Bonchev–Trinajstić information content (AvgIpc) is 2.64. The summed E-state index contributed by atoms with van der Waals surface area (Å²) in [7, 11) is 0. The quantitative estimate of drug-likeness (QED) is 0.722. The Bertz CT molecular complexity index is 1040. The maximum absolute atomic E-state index is 11.9. The van der Waals surface area contributed by atoms with Gasteiger partial charge in [-0.2, -0.15) is 0 Å². The van der Waals surface area contributed by atoms with E-state index in [2.05, 4.69) is 49.4 Å². The number of rotatable bonds is 2. The topological polar surface area (TPSA) is 70.8 Å². The molecule has 0 unspecified atom stereocenters. The summed E-state index contributed by atoms with van der Waals surface area (Å²) in [6.45, 7) is 2.53. The van der Waals surface area contributed by atoms with Crippen LogP contribution in [0.15, 0.2) is 52.7 Å². The molecule has 0 aliphatic carbocycles. The van der Waals surface area contributed by atoms with Gasteiger partial charge in [-0.1, -0.05) is 30.3 Å². The summed E-state index contributed by atoms with van der Waals surface area (Å²) in [4.78, 5) is 23.4. The summed E-state index contributed by atoms with van der Waals surface area (Å²) in [5, 5.41) is 8.39. The summed E-state index contributed by atoms with van der Waals surface area (Å²) < 4.78 is 0. The Morgan fingerprint density at radius 1 is 0.960 bits per heavy atom. The lowest BCUT2D eigenvalue weighted by molar-refractivity contribution is 0.0995. The minimum atomic E-state index is -0.331. The maximum atomic E-state index is 11.9. The number of fused-ring (bicyclic) bond motifs is 1. The number of benzene rings is 2. The molecule has 0 radical (unpaired) electrons. The number of amides is 1. The number of aromatic nitrogens is 2. The predicted molar refractivity (Wildman–Crippen MR) is 92.6 cm³/mol. The van der Waals surface area contributed by atoms with E-state index in [4.69, 9.17) is 0 Å². The van der Waals surface area contributed by atoms with E-state index in [-0.39, 0.29) is 5.91 Å². The summed E-state index contributed by atoms with van der Waals surface area (Å²) in [6, 6.07) is 14.0. The number of nitrogens with zero attached hydrogens (tertiary/aromatic N) is 5. The first-order valence-electron chi connectivity index (χ1n) is 8.33. The van der Waals surface area contributed by atoms with Gasteiger partial charge in [-0.25, -0.2) is 9.97 Å². The van der Waals surface area contributed by atoms with E-state index in [1.165, 1.54) is 11.1 Å². The van der Waals surface area contributed by atoms with Gasteiger partial charge < -0.3 is 0 Å². The number of carbonyl (C=O) groups is 1. The Kier molecular flexibility index (Phi) is 3.18. The van der Waals surface area contributed by atoms with Crippen LogP contribution in [0.3, 0.4) is 0 Å². The summed E-state index contributed by atoms with van der Waals surface area (Å²) >= 11 is 0. The molecule has 3 heterocycles. The van der Waals surface area contributed by atoms with Crippen LogP contribution in [0.25, 0.3) is 10.9 Å². The third kappa shape index (κ3) is 2.42. The van der Waals surface area contributed by atoms with Gasteiger partial charge >= 0.3 is 0 Å². The molecule has 6 heteroatoms. The third-order valence-electron chi connectivity index (χ3n) is 4.79. The van der Waals surface area contributed by atoms with Crippen LogP contribution in [-0.4, -0.2) is 27.3 Å². The smallest absolute Gasteiger partial charge is 0.291 e. The maximum Gasteiger partial charge on any atom is 0.296 e. The van der Waals surface area contributed by atoms with Crippen LogP contribution in [0.5, 0.6) is 0 Å². The van der Waals surface area contributed by atoms with Crippen LogP contribution in [-0.2, 0) is 19.5 Å². The Morgan fingerprint density at radius 2 is 1.84 bits per heavy atom. The van der Waals surface area contributed by atoms with Crippen LogP contribution in [0, 0.1) is 0 Å².